The highest BCUT2D eigenvalue weighted by molar-refractivity contribution is 5.73. The molecule has 0 aliphatic rings. The van der Waals surface area contributed by atoms with Crippen LogP contribution < -0.4 is 5.32 Å². The zero-order valence-electron chi connectivity index (χ0n) is 7.40. The summed E-state index contributed by atoms with van der Waals surface area (Å²) in [5.74, 6) is -0.834. The van der Waals surface area contributed by atoms with Crippen molar-refractivity contribution in [1.82, 2.24) is 10.3 Å². The summed E-state index contributed by atoms with van der Waals surface area (Å²) in [6, 6.07) is 3.10. The largest absolute Gasteiger partial charge is 0.480 e. The summed E-state index contributed by atoms with van der Waals surface area (Å²) >= 11 is 0. The van der Waals surface area contributed by atoms with Crippen LogP contribution in [0.25, 0.3) is 0 Å². The monoisotopic (exact) mass is 180 g/mol. The molecule has 1 aromatic heterocycles. The van der Waals surface area contributed by atoms with E-state index >= 15 is 0 Å². The van der Waals surface area contributed by atoms with Crippen molar-refractivity contribution < 1.29 is 9.90 Å². The fourth-order valence-corrected chi connectivity index (χ4v) is 1.07. The molecular formula is C9H12N2O2. The van der Waals surface area contributed by atoms with Crippen LogP contribution in [0, 0.1) is 0 Å². The van der Waals surface area contributed by atoms with E-state index in [-0.39, 0.29) is 0 Å². The number of hydrogen-bond acceptors (Lipinski definition) is 3. The number of likely N-dealkylation sites (N-methyl/N-ethyl adjacent to an activating group) is 1. The number of carboxylic acids is 1. The van der Waals surface area contributed by atoms with Crippen LogP contribution in [0.5, 0.6) is 0 Å². The van der Waals surface area contributed by atoms with Crippen LogP contribution >= 0.6 is 0 Å². The lowest BCUT2D eigenvalue weighted by atomic mass is 10.1. The fourth-order valence-electron chi connectivity index (χ4n) is 1.07. The molecule has 0 radical (unpaired) electrons. The average Bonchev–Trinajstić information content (AvgIpc) is 2.15. The van der Waals surface area contributed by atoms with Gasteiger partial charge in [-0.2, -0.15) is 0 Å². The Kier molecular flexibility index (Phi) is 3.40. The number of nitrogens with zero attached hydrogens (tertiary/aromatic N) is 1. The molecule has 4 nitrogen and oxygen atoms in total. The van der Waals surface area contributed by atoms with Crippen LogP contribution in [0.15, 0.2) is 24.5 Å². The van der Waals surface area contributed by atoms with Gasteiger partial charge in [0.05, 0.1) is 0 Å². The third-order valence-corrected chi connectivity index (χ3v) is 1.84. The van der Waals surface area contributed by atoms with Gasteiger partial charge in [-0.15, -0.1) is 0 Å². The Hall–Kier alpha value is -1.42. The zero-order chi connectivity index (χ0) is 9.68. The molecule has 2 N–H and O–H groups in total. The number of nitrogens with one attached hydrogen (secondary N) is 1. The molecule has 4 heteroatoms. The molecule has 1 aromatic rings. The van der Waals surface area contributed by atoms with E-state index in [2.05, 4.69) is 10.3 Å². The van der Waals surface area contributed by atoms with E-state index in [1.807, 2.05) is 12.1 Å². The van der Waals surface area contributed by atoms with Crippen LogP contribution in [0.2, 0.25) is 0 Å². The van der Waals surface area contributed by atoms with Crippen molar-refractivity contribution in [2.45, 2.75) is 12.5 Å². The van der Waals surface area contributed by atoms with E-state index in [0.29, 0.717) is 6.42 Å². The molecule has 1 atom stereocenters. The summed E-state index contributed by atoms with van der Waals surface area (Å²) in [6.45, 7) is 0. The zero-order valence-corrected chi connectivity index (χ0v) is 7.40. The lowest BCUT2D eigenvalue weighted by Gasteiger charge is -2.10. The van der Waals surface area contributed by atoms with Crippen molar-refractivity contribution >= 4 is 5.97 Å². The van der Waals surface area contributed by atoms with E-state index in [4.69, 9.17) is 5.11 Å². The van der Waals surface area contributed by atoms with Crippen LogP contribution in [-0.4, -0.2) is 29.1 Å². The Morgan fingerprint density at radius 1 is 1.62 bits per heavy atom. The normalized spacial score (nSPS) is 12.4. The second-order valence-electron chi connectivity index (χ2n) is 2.74. The van der Waals surface area contributed by atoms with Gasteiger partial charge in [0.2, 0.25) is 0 Å². The highest BCUT2D eigenvalue weighted by Crippen LogP contribution is 2.01. The molecule has 1 rings (SSSR count). The number of hydrogen-bond donors (Lipinski definition) is 2. The fraction of sp³-hybridized carbons (Fsp3) is 0.333. The standard InChI is InChI=1S/C9H12N2O2/c1-10-8(9(12)13)6-7-2-4-11-5-3-7/h2-5,8,10H,6H2,1H3,(H,12,13)/t8-/m1/s1. The van der Waals surface area contributed by atoms with Crippen LogP contribution in [0.4, 0.5) is 0 Å². The predicted octanol–water partition coefficient (Wildman–Crippen LogP) is 0.297. The number of carboxylic acid groups (broad SMARTS) is 1. The maximum Gasteiger partial charge on any atom is 0.321 e. The summed E-state index contributed by atoms with van der Waals surface area (Å²) in [5, 5.41) is 11.5. The Bertz CT molecular complexity index is 274. The molecular weight excluding hydrogens is 168 g/mol. The summed E-state index contributed by atoms with van der Waals surface area (Å²) in [6.07, 6.45) is 3.79. The third-order valence-electron chi connectivity index (χ3n) is 1.84. The van der Waals surface area contributed by atoms with Gasteiger partial charge in [0, 0.05) is 12.4 Å². The first-order valence-corrected chi connectivity index (χ1v) is 4.03. The summed E-state index contributed by atoms with van der Waals surface area (Å²) in [5.41, 5.74) is 0.969. The Morgan fingerprint density at radius 3 is 2.69 bits per heavy atom. The number of carbonyl (C=O) groups is 1. The van der Waals surface area contributed by atoms with E-state index in [0.717, 1.165) is 5.56 Å². The lowest BCUT2D eigenvalue weighted by molar-refractivity contribution is -0.139. The number of aromatic nitrogens is 1. The van der Waals surface area contributed by atoms with Gasteiger partial charge in [0.25, 0.3) is 0 Å². The summed E-state index contributed by atoms with van der Waals surface area (Å²) in [7, 11) is 1.64. The minimum Gasteiger partial charge on any atom is -0.480 e. The minimum absolute atomic E-state index is 0.481. The highest BCUT2D eigenvalue weighted by atomic mass is 16.4. The van der Waals surface area contributed by atoms with Gasteiger partial charge in [-0.25, -0.2) is 0 Å². The van der Waals surface area contributed by atoms with Gasteiger partial charge in [-0.1, -0.05) is 0 Å². The summed E-state index contributed by atoms with van der Waals surface area (Å²) < 4.78 is 0. The van der Waals surface area contributed by atoms with Crippen LogP contribution in [0.3, 0.4) is 0 Å². The molecule has 0 unspecified atom stereocenters. The Labute approximate surface area is 76.6 Å². The molecule has 0 fully saturated rings. The van der Waals surface area contributed by atoms with Crippen LogP contribution in [-0.2, 0) is 11.2 Å². The first-order valence-electron chi connectivity index (χ1n) is 4.03. The van der Waals surface area contributed by atoms with Crippen molar-refractivity contribution in [3.8, 4) is 0 Å². The van der Waals surface area contributed by atoms with Crippen molar-refractivity contribution in [2.75, 3.05) is 7.05 Å². The third kappa shape index (κ3) is 2.83. The minimum atomic E-state index is -0.834. The maximum atomic E-state index is 10.7. The quantitative estimate of drug-likeness (QED) is 0.699. The van der Waals surface area contributed by atoms with Gasteiger partial charge in [0.1, 0.15) is 6.04 Å². The maximum absolute atomic E-state index is 10.7. The molecule has 0 spiro atoms. The van der Waals surface area contributed by atoms with Gasteiger partial charge in [-0.3, -0.25) is 9.78 Å². The molecule has 0 amide bonds. The first kappa shape index (κ1) is 9.67. The van der Waals surface area contributed by atoms with Crippen molar-refractivity contribution in [2.24, 2.45) is 0 Å². The molecule has 0 aromatic carbocycles. The molecule has 0 aliphatic heterocycles. The average molecular weight is 180 g/mol. The Balaban J connectivity index is 2.62. The second-order valence-corrected chi connectivity index (χ2v) is 2.74. The van der Waals surface area contributed by atoms with Gasteiger partial charge in [0.15, 0.2) is 0 Å². The van der Waals surface area contributed by atoms with E-state index in [9.17, 15) is 4.79 Å². The van der Waals surface area contributed by atoms with Gasteiger partial charge >= 0.3 is 5.97 Å². The number of rotatable bonds is 4. The molecule has 13 heavy (non-hydrogen) atoms. The number of aliphatic carboxylic acids is 1. The van der Waals surface area contributed by atoms with E-state index in [1.54, 1.807) is 19.4 Å². The number of pyridine rings is 1. The molecule has 0 aliphatic carbocycles. The Morgan fingerprint density at radius 2 is 2.23 bits per heavy atom. The van der Waals surface area contributed by atoms with E-state index < -0.39 is 12.0 Å². The van der Waals surface area contributed by atoms with Crippen LogP contribution in [0.1, 0.15) is 5.56 Å². The topological polar surface area (TPSA) is 62.2 Å². The lowest BCUT2D eigenvalue weighted by Crippen LogP contribution is -2.35. The molecule has 1 heterocycles. The summed E-state index contributed by atoms with van der Waals surface area (Å²) in [4.78, 5) is 14.5. The van der Waals surface area contributed by atoms with Crippen molar-refractivity contribution in [1.29, 1.82) is 0 Å². The van der Waals surface area contributed by atoms with Crippen molar-refractivity contribution in [3.05, 3.63) is 30.1 Å². The highest BCUT2D eigenvalue weighted by Gasteiger charge is 2.14. The van der Waals surface area contributed by atoms with Gasteiger partial charge in [-0.05, 0) is 31.2 Å². The van der Waals surface area contributed by atoms with E-state index in [1.165, 1.54) is 0 Å². The molecule has 0 saturated heterocycles. The van der Waals surface area contributed by atoms with Crippen molar-refractivity contribution in [3.63, 3.8) is 0 Å². The molecule has 0 bridgehead atoms. The molecule has 0 saturated carbocycles. The second kappa shape index (κ2) is 4.57. The first-order chi connectivity index (χ1) is 6.24. The van der Waals surface area contributed by atoms with Gasteiger partial charge < -0.3 is 10.4 Å². The smallest absolute Gasteiger partial charge is 0.321 e. The molecule has 70 valence electrons. The SMILES string of the molecule is CN[C@H](Cc1ccncc1)C(=O)O. The predicted molar refractivity (Wildman–Crippen MR) is 48.4 cm³/mol.